The van der Waals surface area contributed by atoms with Gasteiger partial charge in [-0.3, -0.25) is 14.9 Å². The molecule has 1 heterocycles. The van der Waals surface area contributed by atoms with E-state index in [1.54, 1.807) is 6.92 Å². The molecule has 23 heavy (non-hydrogen) atoms. The van der Waals surface area contributed by atoms with Crippen molar-refractivity contribution in [3.8, 4) is 11.5 Å². The lowest BCUT2D eigenvalue weighted by Gasteiger charge is -2.14. The molecule has 0 aliphatic rings. The van der Waals surface area contributed by atoms with Gasteiger partial charge in [-0.15, -0.1) is 0 Å². The lowest BCUT2D eigenvalue weighted by Crippen LogP contribution is -2.20. The summed E-state index contributed by atoms with van der Waals surface area (Å²) in [6.45, 7) is 6.00. The average molecular weight is 318 g/mol. The Labute approximate surface area is 132 Å². The zero-order valence-electron chi connectivity index (χ0n) is 13.2. The lowest BCUT2D eigenvalue weighted by molar-refractivity contribution is -0.384. The Kier molecular flexibility index (Phi) is 4.68. The standard InChI is InChI=1S/C16H18N2O5/c1-4-17-13-9-11(18(21)22)5-6-12(13)15(14(19)16(17)20)23-8-7-10(2)3/h5-7,9,19H,4,8H2,1-3H3. The number of rotatable bonds is 5. The van der Waals surface area contributed by atoms with Crippen molar-refractivity contribution in [2.45, 2.75) is 27.3 Å². The van der Waals surface area contributed by atoms with Crippen molar-refractivity contribution in [3.05, 3.63) is 50.3 Å². The summed E-state index contributed by atoms with van der Waals surface area (Å²) < 4.78 is 6.82. The van der Waals surface area contributed by atoms with Crippen molar-refractivity contribution in [2.75, 3.05) is 6.61 Å². The molecule has 122 valence electrons. The largest absolute Gasteiger partial charge is 0.500 e. The van der Waals surface area contributed by atoms with Crippen LogP contribution < -0.4 is 10.3 Å². The van der Waals surface area contributed by atoms with Crippen molar-refractivity contribution in [2.24, 2.45) is 0 Å². The fourth-order valence-corrected chi connectivity index (χ4v) is 2.26. The summed E-state index contributed by atoms with van der Waals surface area (Å²) in [4.78, 5) is 22.7. The summed E-state index contributed by atoms with van der Waals surface area (Å²) in [6, 6.07) is 4.12. The van der Waals surface area contributed by atoms with Gasteiger partial charge in [0.1, 0.15) is 6.61 Å². The topological polar surface area (TPSA) is 94.6 Å². The van der Waals surface area contributed by atoms with Crippen LogP contribution in [0, 0.1) is 10.1 Å². The second-order valence-electron chi connectivity index (χ2n) is 5.28. The molecule has 0 amide bonds. The molecule has 7 heteroatoms. The van der Waals surface area contributed by atoms with Crippen molar-refractivity contribution < 1.29 is 14.8 Å². The van der Waals surface area contributed by atoms with E-state index >= 15 is 0 Å². The quantitative estimate of drug-likeness (QED) is 0.519. The molecular weight excluding hydrogens is 300 g/mol. The van der Waals surface area contributed by atoms with Crippen LogP contribution >= 0.6 is 0 Å². The molecule has 0 bridgehead atoms. The van der Waals surface area contributed by atoms with E-state index in [4.69, 9.17) is 4.74 Å². The minimum atomic E-state index is -0.632. The Bertz CT molecular complexity index is 848. The number of benzene rings is 1. The lowest BCUT2D eigenvalue weighted by atomic mass is 10.1. The number of ether oxygens (including phenoxy) is 1. The predicted octanol–water partition coefficient (Wildman–Crippen LogP) is 2.98. The highest BCUT2D eigenvalue weighted by molar-refractivity contribution is 5.89. The number of hydrogen-bond donors (Lipinski definition) is 1. The normalized spacial score (nSPS) is 10.6. The van der Waals surface area contributed by atoms with Gasteiger partial charge in [-0.2, -0.15) is 0 Å². The molecule has 0 aliphatic heterocycles. The summed E-state index contributed by atoms with van der Waals surface area (Å²) in [5.74, 6) is -0.447. The zero-order valence-corrected chi connectivity index (χ0v) is 13.2. The number of aromatic hydroxyl groups is 1. The van der Waals surface area contributed by atoms with Gasteiger partial charge in [0, 0.05) is 24.1 Å². The minimum Gasteiger partial charge on any atom is -0.500 e. The fourth-order valence-electron chi connectivity index (χ4n) is 2.26. The molecular formula is C16H18N2O5. The molecule has 0 fully saturated rings. The van der Waals surface area contributed by atoms with Crippen LogP contribution in [0.15, 0.2) is 34.6 Å². The first-order chi connectivity index (χ1) is 10.9. The van der Waals surface area contributed by atoms with Gasteiger partial charge >= 0.3 is 0 Å². The van der Waals surface area contributed by atoms with E-state index in [0.717, 1.165) is 5.57 Å². The summed E-state index contributed by atoms with van der Waals surface area (Å²) in [5, 5.41) is 21.6. The van der Waals surface area contributed by atoms with Gasteiger partial charge in [-0.1, -0.05) is 5.57 Å². The van der Waals surface area contributed by atoms with Gasteiger partial charge in [0.25, 0.3) is 11.2 Å². The Morgan fingerprint density at radius 1 is 1.43 bits per heavy atom. The Morgan fingerprint density at radius 2 is 2.13 bits per heavy atom. The number of allylic oxidation sites excluding steroid dienone is 1. The third-order valence-corrected chi connectivity index (χ3v) is 3.43. The molecule has 2 rings (SSSR count). The fraction of sp³-hybridized carbons (Fsp3) is 0.312. The molecule has 0 spiro atoms. The van der Waals surface area contributed by atoms with E-state index in [2.05, 4.69) is 0 Å². The molecule has 1 aromatic carbocycles. The first-order valence-electron chi connectivity index (χ1n) is 7.16. The van der Waals surface area contributed by atoms with E-state index in [1.165, 1.54) is 22.8 Å². The van der Waals surface area contributed by atoms with E-state index in [1.807, 2.05) is 19.9 Å². The summed E-state index contributed by atoms with van der Waals surface area (Å²) in [6.07, 6.45) is 1.81. The molecule has 1 aromatic heterocycles. The number of non-ortho nitro benzene ring substituents is 1. The minimum absolute atomic E-state index is 0.0436. The highest BCUT2D eigenvalue weighted by Crippen LogP contribution is 2.33. The van der Waals surface area contributed by atoms with Crippen molar-refractivity contribution in [1.29, 1.82) is 0 Å². The number of nitro benzene ring substituents is 1. The summed E-state index contributed by atoms with van der Waals surface area (Å²) in [5.41, 5.74) is 0.635. The van der Waals surface area contributed by atoms with Gasteiger partial charge in [0.2, 0.25) is 5.75 Å². The molecule has 1 N–H and O–H groups in total. The predicted molar refractivity (Wildman–Crippen MR) is 87.1 cm³/mol. The highest BCUT2D eigenvalue weighted by Gasteiger charge is 2.19. The Hall–Kier alpha value is -2.83. The number of aromatic nitrogens is 1. The Morgan fingerprint density at radius 3 is 2.70 bits per heavy atom. The number of hydrogen-bond acceptors (Lipinski definition) is 5. The number of pyridine rings is 1. The maximum absolute atomic E-state index is 12.3. The smallest absolute Gasteiger partial charge is 0.297 e. The van der Waals surface area contributed by atoms with Crippen LogP contribution in [0.3, 0.4) is 0 Å². The maximum Gasteiger partial charge on any atom is 0.297 e. The van der Waals surface area contributed by atoms with Gasteiger partial charge in [-0.25, -0.2) is 0 Å². The second-order valence-corrected chi connectivity index (χ2v) is 5.28. The summed E-state index contributed by atoms with van der Waals surface area (Å²) >= 11 is 0. The first-order valence-corrected chi connectivity index (χ1v) is 7.16. The van der Waals surface area contributed by atoms with Crippen molar-refractivity contribution >= 4 is 16.6 Å². The number of fused-ring (bicyclic) bond motifs is 1. The molecule has 2 aromatic rings. The highest BCUT2D eigenvalue weighted by atomic mass is 16.6. The maximum atomic E-state index is 12.3. The molecule has 0 aliphatic carbocycles. The van der Waals surface area contributed by atoms with Crippen LogP contribution in [-0.2, 0) is 6.54 Å². The number of nitrogens with zero attached hydrogens (tertiary/aromatic N) is 2. The van der Waals surface area contributed by atoms with E-state index in [0.29, 0.717) is 10.9 Å². The SMILES string of the molecule is CCn1c(=O)c(O)c(OCC=C(C)C)c2ccc([N+](=O)[O-])cc21. The van der Waals surface area contributed by atoms with Gasteiger partial charge in [-0.05, 0) is 32.9 Å². The molecule has 0 atom stereocenters. The van der Waals surface area contributed by atoms with E-state index in [9.17, 15) is 20.0 Å². The van der Waals surface area contributed by atoms with Crippen molar-refractivity contribution in [3.63, 3.8) is 0 Å². The third-order valence-electron chi connectivity index (χ3n) is 3.43. The zero-order chi connectivity index (χ0) is 17.1. The van der Waals surface area contributed by atoms with Crippen LogP contribution in [0.5, 0.6) is 11.5 Å². The van der Waals surface area contributed by atoms with Gasteiger partial charge < -0.3 is 14.4 Å². The van der Waals surface area contributed by atoms with Crippen molar-refractivity contribution in [1.82, 2.24) is 4.57 Å². The molecule has 7 nitrogen and oxygen atoms in total. The van der Waals surface area contributed by atoms with Crippen LogP contribution in [0.1, 0.15) is 20.8 Å². The second kappa shape index (κ2) is 6.51. The number of aryl methyl sites for hydroxylation is 1. The molecule has 0 saturated carbocycles. The van der Waals surface area contributed by atoms with Gasteiger partial charge in [0.15, 0.2) is 5.75 Å². The average Bonchev–Trinajstić information content (AvgIpc) is 2.50. The van der Waals surface area contributed by atoms with Crippen LogP contribution in [-0.4, -0.2) is 21.2 Å². The van der Waals surface area contributed by atoms with Crippen LogP contribution in [0.25, 0.3) is 10.9 Å². The monoisotopic (exact) mass is 318 g/mol. The van der Waals surface area contributed by atoms with E-state index in [-0.39, 0.29) is 24.6 Å². The summed E-state index contributed by atoms with van der Waals surface area (Å²) in [7, 11) is 0. The first kappa shape index (κ1) is 16.5. The van der Waals surface area contributed by atoms with Crippen LogP contribution in [0.4, 0.5) is 5.69 Å². The third kappa shape index (κ3) is 3.18. The molecule has 0 saturated heterocycles. The van der Waals surface area contributed by atoms with Gasteiger partial charge in [0.05, 0.1) is 10.4 Å². The molecule has 0 unspecified atom stereocenters. The Balaban J connectivity index is 2.71. The van der Waals surface area contributed by atoms with Crippen LogP contribution in [0.2, 0.25) is 0 Å². The van der Waals surface area contributed by atoms with E-state index < -0.39 is 16.2 Å². The molecule has 0 radical (unpaired) electrons. The number of nitro groups is 1.